The van der Waals surface area contributed by atoms with Gasteiger partial charge in [0.25, 0.3) is 10.0 Å². The average Bonchev–Trinajstić information content (AvgIpc) is 2.80. The van der Waals surface area contributed by atoms with Crippen molar-refractivity contribution in [2.75, 3.05) is 10.5 Å². The number of nitrogens with one attached hydrogen (secondary N) is 2. The van der Waals surface area contributed by atoms with Crippen molar-refractivity contribution in [3.05, 3.63) is 22.7 Å². The number of hydrogen-bond donors (Lipinski definition) is 3. The second-order valence-corrected chi connectivity index (χ2v) is 6.78. The van der Waals surface area contributed by atoms with Gasteiger partial charge in [-0.3, -0.25) is 9.82 Å². The average molecular weight is 272 g/mol. The van der Waals surface area contributed by atoms with E-state index in [2.05, 4.69) is 14.9 Å². The molecule has 2 aromatic heterocycles. The minimum atomic E-state index is -3.60. The lowest BCUT2D eigenvalue weighted by atomic mass is 10.4. The van der Waals surface area contributed by atoms with Crippen molar-refractivity contribution in [3.63, 3.8) is 0 Å². The van der Waals surface area contributed by atoms with Crippen LogP contribution in [0.1, 0.15) is 10.6 Å². The Morgan fingerprint density at radius 2 is 2.12 bits per heavy atom. The number of hydrogen-bond acceptors (Lipinski definition) is 5. The van der Waals surface area contributed by atoms with Crippen molar-refractivity contribution in [2.24, 2.45) is 0 Å². The number of aromatic amines is 1. The first kappa shape index (κ1) is 11.9. The quantitative estimate of drug-likeness (QED) is 0.787. The predicted molar refractivity (Wildman–Crippen MR) is 67.6 cm³/mol. The molecule has 8 heteroatoms. The van der Waals surface area contributed by atoms with Gasteiger partial charge in [-0.05, 0) is 26.0 Å². The highest BCUT2D eigenvalue weighted by atomic mass is 32.2. The van der Waals surface area contributed by atoms with Crippen LogP contribution in [0.5, 0.6) is 0 Å². The molecule has 0 aliphatic heterocycles. The lowest BCUT2D eigenvalue weighted by molar-refractivity contribution is 0.603. The molecule has 0 bridgehead atoms. The van der Waals surface area contributed by atoms with E-state index in [1.54, 1.807) is 19.1 Å². The summed E-state index contributed by atoms with van der Waals surface area (Å²) in [5.74, 6) is 0.133. The Morgan fingerprint density at radius 1 is 1.41 bits per heavy atom. The van der Waals surface area contributed by atoms with Crippen LogP contribution in [0.3, 0.4) is 0 Å². The van der Waals surface area contributed by atoms with Gasteiger partial charge in [0, 0.05) is 4.88 Å². The van der Waals surface area contributed by atoms with E-state index in [1.165, 1.54) is 11.3 Å². The number of nitrogen functional groups attached to an aromatic ring is 1. The van der Waals surface area contributed by atoms with Gasteiger partial charge in [0.05, 0.1) is 11.4 Å². The van der Waals surface area contributed by atoms with E-state index < -0.39 is 10.0 Å². The molecule has 0 radical (unpaired) electrons. The highest BCUT2D eigenvalue weighted by Gasteiger charge is 2.19. The molecule has 0 unspecified atom stereocenters. The summed E-state index contributed by atoms with van der Waals surface area (Å²) < 4.78 is 26.5. The van der Waals surface area contributed by atoms with Crippen LogP contribution >= 0.6 is 11.3 Å². The largest absolute Gasteiger partial charge is 0.394 e. The van der Waals surface area contributed by atoms with E-state index in [4.69, 9.17) is 5.73 Å². The maximum absolute atomic E-state index is 12.0. The molecule has 0 amide bonds. The zero-order valence-electron chi connectivity index (χ0n) is 9.31. The first-order chi connectivity index (χ1) is 7.90. The number of thiophene rings is 1. The van der Waals surface area contributed by atoms with E-state index in [9.17, 15) is 8.42 Å². The molecule has 0 aliphatic carbocycles. The van der Waals surface area contributed by atoms with E-state index in [0.29, 0.717) is 11.4 Å². The van der Waals surface area contributed by atoms with Gasteiger partial charge >= 0.3 is 0 Å². The fourth-order valence-electron chi connectivity index (χ4n) is 1.25. The van der Waals surface area contributed by atoms with Crippen LogP contribution in [0.25, 0.3) is 0 Å². The molecule has 0 atom stereocenters. The number of anilines is 2. The number of aromatic nitrogens is 2. The van der Waals surface area contributed by atoms with Gasteiger partial charge in [0.2, 0.25) is 0 Å². The Labute approximate surface area is 103 Å². The number of sulfonamides is 1. The lowest BCUT2D eigenvalue weighted by Crippen LogP contribution is -2.12. The van der Waals surface area contributed by atoms with Gasteiger partial charge in [0.15, 0.2) is 5.82 Å². The molecule has 0 aliphatic rings. The van der Waals surface area contributed by atoms with Gasteiger partial charge in [-0.1, -0.05) is 0 Å². The molecule has 0 saturated heterocycles. The smallest absolute Gasteiger partial charge is 0.272 e. The van der Waals surface area contributed by atoms with Crippen molar-refractivity contribution in [1.82, 2.24) is 10.2 Å². The van der Waals surface area contributed by atoms with E-state index in [0.717, 1.165) is 4.88 Å². The summed E-state index contributed by atoms with van der Waals surface area (Å²) in [6, 6.07) is 3.30. The molecule has 0 fully saturated rings. The zero-order valence-corrected chi connectivity index (χ0v) is 10.9. The Kier molecular flexibility index (Phi) is 2.84. The molecule has 17 heavy (non-hydrogen) atoms. The minimum absolute atomic E-state index is 0.133. The monoisotopic (exact) mass is 272 g/mol. The van der Waals surface area contributed by atoms with Gasteiger partial charge in [-0.15, -0.1) is 11.3 Å². The zero-order chi connectivity index (χ0) is 12.6. The summed E-state index contributed by atoms with van der Waals surface area (Å²) in [6.45, 7) is 3.56. The van der Waals surface area contributed by atoms with Crippen LogP contribution in [0, 0.1) is 13.8 Å². The number of nitrogens with zero attached hydrogens (tertiary/aromatic N) is 1. The van der Waals surface area contributed by atoms with Crippen LogP contribution < -0.4 is 10.5 Å². The van der Waals surface area contributed by atoms with Crippen molar-refractivity contribution in [2.45, 2.75) is 18.1 Å². The number of H-pyrrole nitrogens is 1. The molecule has 2 aromatic rings. The maximum atomic E-state index is 12.0. The molecule has 4 N–H and O–H groups in total. The van der Waals surface area contributed by atoms with Crippen LogP contribution in [-0.2, 0) is 10.0 Å². The van der Waals surface area contributed by atoms with E-state index in [-0.39, 0.29) is 10.0 Å². The Hall–Kier alpha value is -1.54. The second kappa shape index (κ2) is 4.04. The molecule has 0 spiro atoms. The fraction of sp³-hybridized carbons (Fsp3) is 0.222. The first-order valence-corrected chi connectivity index (χ1v) is 7.10. The van der Waals surface area contributed by atoms with Crippen molar-refractivity contribution < 1.29 is 8.42 Å². The van der Waals surface area contributed by atoms with Gasteiger partial charge in [-0.2, -0.15) is 5.10 Å². The third-order valence-electron chi connectivity index (χ3n) is 2.21. The van der Waals surface area contributed by atoms with Crippen molar-refractivity contribution in [3.8, 4) is 0 Å². The summed E-state index contributed by atoms with van der Waals surface area (Å²) in [5, 5.41) is 6.41. The molecule has 0 aromatic carbocycles. The molecule has 2 rings (SSSR count). The fourth-order valence-corrected chi connectivity index (χ4v) is 3.56. The normalized spacial score (nSPS) is 11.6. The number of aryl methyl sites for hydroxylation is 2. The van der Waals surface area contributed by atoms with Crippen LogP contribution in [0.15, 0.2) is 16.3 Å². The molecular weight excluding hydrogens is 260 g/mol. The topological polar surface area (TPSA) is 101 Å². The number of rotatable bonds is 3. The Morgan fingerprint density at radius 3 is 2.59 bits per heavy atom. The minimum Gasteiger partial charge on any atom is -0.394 e. The summed E-state index contributed by atoms with van der Waals surface area (Å²) in [4.78, 5) is 0.927. The molecule has 0 saturated carbocycles. The number of nitrogens with two attached hydrogens (primary N) is 1. The highest BCUT2D eigenvalue weighted by Crippen LogP contribution is 2.25. The third kappa shape index (κ3) is 2.27. The summed E-state index contributed by atoms with van der Waals surface area (Å²) in [6.07, 6.45) is 0. The lowest BCUT2D eigenvalue weighted by Gasteiger charge is -2.03. The van der Waals surface area contributed by atoms with E-state index in [1.807, 2.05) is 6.92 Å². The second-order valence-electron chi connectivity index (χ2n) is 3.58. The SMILES string of the molecule is Cc1ccc(S(=O)(=O)Nc2n[nH]c(C)c2N)s1. The predicted octanol–water partition coefficient (Wildman–Crippen LogP) is 1.47. The highest BCUT2D eigenvalue weighted by molar-refractivity contribution is 7.94. The van der Waals surface area contributed by atoms with Crippen LogP contribution in [0.2, 0.25) is 0 Å². The van der Waals surface area contributed by atoms with E-state index >= 15 is 0 Å². The maximum Gasteiger partial charge on any atom is 0.272 e. The first-order valence-electron chi connectivity index (χ1n) is 4.80. The molecule has 2 heterocycles. The third-order valence-corrected chi connectivity index (χ3v) is 5.04. The summed E-state index contributed by atoms with van der Waals surface area (Å²) in [5.41, 5.74) is 6.61. The summed E-state index contributed by atoms with van der Waals surface area (Å²) in [7, 11) is -3.60. The van der Waals surface area contributed by atoms with Crippen LogP contribution in [0.4, 0.5) is 11.5 Å². The van der Waals surface area contributed by atoms with Crippen molar-refractivity contribution >= 4 is 32.9 Å². The standard InChI is InChI=1S/C9H12N4O2S2/c1-5-3-4-7(16-5)17(14,15)13-9-8(10)6(2)11-12-9/h3-4H,10H2,1-2H3,(H2,11,12,13). The molecule has 6 nitrogen and oxygen atoms in total. The van der Waals surface area contributed by atoms with Gasteiger partial charge < -0.3 is 5.73 Å². The summed E-state index contributed by atoms with van der Waals surface area (Å²) >= 11 is 1.20. The Balaban J connectivity index is 2.33. The van der Waals surface area contributed by atoms with Gasteiger partial charge in [-0.25, -0.2) is 8.42 Å². The molecule has 92 valence electrons. The molecular formula is C9H12N4O2S2. The Bertz CT molecular complexity index is 642. The van der Waals surface area contributed by atoms with Crippen molar-refractivity contribution in [1.29, 1.82) is 0 Å². The van der Waals surface area contributed by atoms with Crippen LogP contribution in [-0.4, -0.2) is 18.6 Å². The van der Waals surface area contributed by atoms with Gasteiger partial charge in [0.1, 0.15) is 4.21 Å².